The molecule has 0 unspecified atom stereocenters. The Morgan fingerprint density at radius 1 is 0.952 bits per heavy atom. The Morgan fingerprint density at radius 2 is 1.71 bits per heavy atom. The van der Waals surface area contributed by atoms with Gasteiger partial charge in [0.25, 0.3) is 0 Å². The van der Waals surface area contributed by atoms with Crippen molar-refractivity contribution in [1.82, 2.24) is 9.88 Å². The molecule has 1 N–H and O–H groups in total. The monoisotopic (exact) mass is 592 g/mol. The zero-order valence-electron chi connectivity index (χ0n) is 24.5. The fraction of sp³-hybridized carbons (Fsp3) is 0.469. The highest BCUT2D eigenvalue weighted by molar-refractivity contribution is 7.15. The molecular weight excluding hydrogens is 552 g/mol. The lowest BCUT2D eigenvalue weighted by atomic mass is 9.92. The molecule has 1 amide bonds. The summed E-state index contributed by atoms with van der Waals surface area (Å²) in [6.07, 6.45) is 2.24. The Hall–Kier alpha value is -3.79. The predicted octanol–water partition coefficient (Wildman–Crippen LogP) is 5.32. The zero-order valence-corrected chi connectivity index (χ0v) is 25.3. The molecule has 0 aliphatic carbocycles. The smallest absolute Gasteiger partial charge is 0.410 e. The highest BCUT2D eigenvalue weighted by Crippen LogP contribution is 2.33. The number of aromatic nitrogens is 1. The minimum Gasteiger partial charge on any atom is -0.493 e. The van der Waals surface area contributed by atoms with Crippen LogP contribution in [-0.2, 0) is 35.3 Å². The minimum atomic E-state index is -0.838. The van der Waals surface area contributed by atoms with Gasteiger partial charge in [0, 0.05) is 68.2 Å². The van der Waals surface area contributed by atoms with Gasteiger partial charge in [0.1, 0.15) is 5.75 Å². The number of hydrogen-bond acceptors (Lipinski definition) is 8. The maximum absolute atomic E-state index is 12.6. The number of nitrogens with zero attached hydrogens (tertiary/aromatic N) is 4. The third kappa shape index (κ3) is 7.15. The molecule has 1 aromatic heterocycles. The second-order valence-corrected chi connectivity index (χ2v) is 11.9. The number of thiazole rings is 1. The number of carboxylic acids is 1. The van der Waals surface area contributed by atoms with Crippen LogP contribution in [0.25, 0.3) is 0 Å². The van der Waals surface area contributed by atoms with Crippen molar-refractivity contribution in [3.8, 4) is 5.75 Å². The summed E-state index contributed by atoms with van der Waals surface area (Å²) in [5, 5.41) is 10.3. The van der Waals surface area contributed by atoms with Crippen LogP contribution in [-0.4, -0.2) is 73.0 Å². The van der Waals surface area contributed by atoms with E-state index in [4.69, 9.17) is 14.5 Å². The number of benzene rings is 2. The van der Waals surface area contributed by atoms with Crippen LogP contribution >= 0.6 is 11.3 Å². The molecule has 3 aromatic rings. The number of carboxylic acid groups (broad SMARTS) is 1. The van der Waals surface area contributed by atoms with E-state index in [1.54, 1.807) is 16.2 Å². The van der Waals surface area contributed by atoms with Gasteiger partial charge in [-0.25, -0.2) is 9.78 Å². The van der Waals surface area contributed by atoms with E-state index in [0.29, 0.717) is 45.6 Å². The number of aliphatic carboxylic acids is 1. The third-order valence-electron chi connectivity index (χ3n) is 7.91. The van der Waals surface area contributed by atoms with E-state index in [1.807, 2.05) is 19.1 Å². The molecule has 0 spiro atoms. The minimum absolute atomic E-state index is 0.0413. The Kier molecular flexibility index (Phi) is 9.84. The van der Waals surface area contributed by atoms with Crippen LogP contribution in [0.1, 0.15) is 47.0 Å². The fourth-order valence-electron chi connectivity index (χ4n) is 5.59. The van der Waals surface area contributed by atoms with Gasteiger partial charge >= 0.3 is 12.1 Å². The first-order valence-electron chi connectivity index (χ1n) is 14.8. The van der Waals surface area contributed by atoms with Crippen molar-refractivity contribution in [1.29, 1.82) is 0 Å². The van der Waals surface area contributed by atoms with Gasteiger partial charge in [-0.3, -0.25) is 4.79 Å². The first-order valence-corrected chi connectivity index (χ1v) is 15.7. The Balaban J connectivity index is 1.21. The van der Waals surface area contributed by atoms with Gasteiger partial charge in [0.15, 0.2) is 5.13 Å². The Morgan fingerprint density at radius 3 is 2.45 bits per heavy atom. The first kappa shape index (κ1) is 29.7. The molecule has 2 aromatic carbocycles. The van der Waals surface area contributed by atoms with Crippen molar-refractivity contribution in [2.24, 2.45) is 0 Å². The highest BCUT2D eigenvalue weighted by Gasteiger charge is 2.27. The molecule has 3 heterocycles. The van der Waals surface area contributed by atoms with Crippen LogP contribution in [0, 0.1) is 6.92 Å². The van der Waals surface area contributed by atoms with Gasteiger partial charge in [0.05, 0.1) is 18.9 Å². The number of piperazine rings is 1. The summed E-state index contributed by atoms with van der Waals surface area (Å²) in [5.74, 6) is -0.0361. The van der Waals surface area contributed by atoms with E-state index in [-0.39, 0.29) is 12.5 Å². The van der Waals surface area contributed by atoms with E-state index in [1.165, 1.54) is 10.6 Å². The normalized spacial score (nSPS) is 15.0. The number of anilines is 2. The van der Waals surface area contributed by atoms with Crippen molar-refractivity contribution in [2.75, 3.05) is 55.7 Å². The SMILES string of the molecule is CCCOC(=O)N1CCc2c(OCCc3nc(N4CCN(c5ccccc5)CC4)sc3C)ccc(CCC(=O)O)c2C1. The lowest BCUT2D eigenvalue weighted by Crippen LogP contribution is -2.46. The number of amides is 1. The van der Waals surface area contributed by atoms with E-state index < -0.39 is 5.97 Å². The standard InChI is InChI=1S/C32H40N4O5S/c1-3-20-41-32(39)36-15-13-26-27(22-36)24(10-12-30(37)38)9-11-29(26)40-21-14-28-23(2)42-31(33-28)35-18-16-34(17-19-35)25-7-5-4-6-8-25/h4-9,11H,3,10,12-22H2,1-2H3,(H,37,38). The van der Waals surface area contributed by atoms with Gasteiger partial charge in [0.2, 0.25) is 0 Å². The van der Waals surface area contributed by atoms with Crippen molar-refractivity contribution in [3.05, 3.63) is 69.7 Å². The number of fused-ring (bicyclic) bond motifs is 1. The van der Waals surface area contributed by atoms with E-state index >= 15 is 0 Å². The van der Waals surface area contributed by atoms with Gasteiger partial charge in [-0.15, -0.1) is 11.3 Å². The lowest BCUT2D eigenvalue weighted by Gasteiger charge is -2.36. The largest absolute Gasteiger partial charge is 0.493 e. The summed E-state index contributed by atoms with van der Waals surface area (Å²) >= 11 is 1.75. The van der Waals surface area contributed by atoms with E-state index in [0.717, 1.165) is 65.9 Å². The van der Waals surface area contributed by atoms with Crippen molar-refractivity contribution < 1.29 is 24.2 Å². The first-order chi connectivity index (χ1) is 20.4. The molecule has 0 radical (unpaired) electrons. The molecule has 224 valence electrons. The number of rotatable bonds is 11. The van der Waals surface area contributed by atoms with E-state index in [2.05, 4.69) is 47.1 Å². The number of carbonyl (C=O) groups excluding carboxylic acids is 1. The van der Waals surface area contributed by atoms with Crippen LogP contribution in [0.15, 0.2) is 42.5 Å². The summed E-state index contributed by atoms with van der Waals surface area (Å²) < 4.78 is 11.7. The summed E-state index contributed by atoms with van der Waals surface area (Å²) in [4.78, 5) is 36.5. The quantitative estimate of drug-likeness (QED) is 0.320. The summed E-state index contributed by atoms with van der Waals surface area (Å²) in [6.45, 7) is 9.76. The molecule has 0 bridgehead atoms. The third-order valence-corrected chi connectivity index (χ3v) is 8.99. The van der Waals surface area contributed by atoms with Gasteiger partial charge < -0.3 is 29.3 Å². The zero-order chi connectivity index (χ0) is 29.5. The van der Waals surface area contributed by atoms with Gasteiger partial charge in [-0.05, 0) is 55.5 Å². The molecule has 2 aliphatic heterocycles. The molecule has 42 heavy (non-hydrogen) atoms. The van der Waals surface area contributed by atoms with Crippen LogP contribution in [0.4, 0.5) is 15.6 Å². The maximum atomic E-state index is 12.6. The van der Waals surface area contributed by atoms with Gasteiger partial charge in [-0.2, -0.15) is 0 Å². The van der Waals surface area contributed by atoms with Gasteiger partial charge in [-0.1, -0.05) is 31.2 Å². The van der Waals surface area contributed by atoms with Crippen molar-refractivity contribution in [3.63, 3.8) is 0 Å². The molecule has 5 rings (SSSR count). The molecule has 9 nitrogen and oxygen atoms in total. The summed E-state index contributed by atoms with van der Waals surface area (Å²) in [7, 11) is 0. The molecule has 2 aliphatic rings. The van der Waals surface area contributed by atoms with Crippen LogP contribution in [0.2, 0.25) is 0 Å². The second-order valence-electron chi connectivity index (χ2n) is 10.8. The van der Waals surface area contributed by atoms with Crippen LogP contribution in [0.3, 0.4) is 0 Å². The number of aryl methyl sites for hydroxylation is 2. The average Bonchev–Trinajstić information content (AvgIpc) is 3.39. The number of hydrogen-bond donors (Lipinski definition) is 1. The lowest BCUT2D eigenvalue weighted by molar-refractivity contribution is -0.136. The maximum Gasteiger partial charge on any atom is 0.410 e. The Bertz CT molecular complexity index is 1370. The Labute approximate surface area is 251 Å². The summed E-state index contributed by atoms with van der Waals surface area (Å²) in [5.41, 5.74) is 5.32. The number of ether oxygens (including phenoxy) is 2. The van der Waals surface area contributed by atoms with Crippen molar-refractivity contribution >= 4 is 34.2 Å². The van der Waals surface area contributed by atoms with E-state index in [9.17, 15) is 14.7 Å². The topological polar surface area (TPSA) is 95.4 Å². The predicted molar refractivity (Wildman–Crippen MR) is 165 cm³/mol. The van der Waals surface area contributed by atoms with Crippen LogP contribution in [0.5, 0.6) is 5.75 Å². The molecule has 1 fully saturated rings. The fourth-order valence-corrected chi connectivity index (χ4v) is 6.59. The molecular formula is C32H40N4O5S. The number of carbonyl (C=O) groups is 2. The molecule has 0 atom stereocenters. The molecule has 10 heteroatoms. The second kappa shape index (κ2) is 13.9. The van der Waals surface area contributed by atoms with Crippen molar-refractivity contribution in [2.45, 2.75) is 52.5 Å². The molecule has 0 saturated carbocycles. The number of para-hydroxylation sites is 1. The average molecular weight is 593 g/mol. The highest BCUT2D eigenvalue weighted by atomic mass is 32.1. The summed E-state index contributed by atoms with van der Waals surface area (Å²) in [6, 6.07) is 14.5. The van der Waals surface area contributed by atoms with Crippen LogP contribution < -0.4 is 14.5 Å². The molecule has 1 saturated heterocycles.